The fourth-order valence-corrected chi connectivity index (χ4v) is 1.09. The number of nitrogens with zero attached hydrogens (tertiary/aromatic N) is 4. The number of azo groups is 1. The van der Waals surface area contributed by atoms with Crippen LogP contribution in [0.1, 0.15) is 0 Å². The summed E-state index contributed by atoms with van der Waals surface area (Å²) < 4.78 is 1.66. The van der Waals surface area contributed by atoms with Gasteiger partial charge in [-0.3, -0.25) is 4.68 Å². The monoisotopic (exact) mass is 202 g/mol. The van der Waals surface area contributed by atoms with Crippen LogP contribution in [0.2, 0.25) is 0 Å². The first-order valence-electron chi connectivity index (χ1n) is 4.43. The molecule has 0 bridgehead atoms. The van der Waals surface area contributed by atoms with Gasteiger partial charge in [-0.1, -0.05) is 0 Å². The molecule has 5 heteroatoms. The van der Waals surface area contributed by atoms with Crippen LogP contribution in [0.5, 0.6) is 5.75 Å². The van der Waals surface area contributed by atoms with Crippen molar-refractivity contribution in [2.24, 2.45) is 17.3 Å². The summed E-state index contributed by atoms with van der Waals surface area (Å²) in [6, 6.07) is 6.51. The van der Waals surface area contributed by atoms with Crippen molar-refractivity contribution in [3.63, 3.8) is 0 Å². The van der Waals surface area contributed by atoms with Crippen molar-refractivity contribution in [2.45, 2.75) is 0 Å². The largest absolute Gasteiger partial charge is 0.508 e. The van der Waals surface area contributed by atoms with Gasteiger partial charge in [0.05, 0.1) is 18.1 Å². The molecule has 5 nitrogen and oxygen atoms in total. The SMILES string of the molecule is Cn1cc(N=Nc2ccc(O)cc2)cn1. The summed E-state index contributed by atoms with van der Waals surface area (Å²) in [5, 5.41) is 21.0. The number of phenolic OH excluding ortho intramolecular Hbond substituents is 1. The summed E-state index contributed by atoms with van der Waals surface area (Å²) >= 11 is 0. The van der Waals surface area contributed by atoms with Crippen LogP contribution in [0.15, 0.2) is 46.9 Å². The number of phenols is 1. The van der Waals surface area contributed by atoms with Gasteiger partial charge < -0.3 is 5.11 Å². The molecule has 15 heavy (non-hydrogen) atoms. The maximum Gasteiger partial charge on any atom is 0.124 e. The van der Waals surface area contributed by atoms with Crippen LogP contribution in [0.3, 0.4) is 0 Å². The van der Waals surface area contributed by atoms with Crippen LogP contribution < -0.4 is 0 Å². The van der Waals surface area contributed by atoms with Gasteiger partial charge in [0, 0.05) is 7.05 Å². The Bertz CT molecular complexity index is 472. The predicted molar refractivity (Wildman–Crippen MR) is 55.5 cm³/mol. The molecule has 0 saturated carbocycles. The van der Waals surface area contributed by atoms with Gasteiger partial charge in [0.1, 0.15) is 11.4 Å². The highest BCUT2D eigenvalue weighted by Crippen LogP contribution is 2.19. The van der Waals surface area contributed by atoms with Crippen molar-refractivity contribution in [1.29, 1.82) is 0 Å². The maximum atomic E-state index is 9.06. The minimum absolute atomic E-state index is 0.218. The zero-order chi connectivity index (χ0) is 10.7. The Morgan fingerprint density at radius 3 is 2.40 bits per heavy atom. The molecule has 0 atom stereocenters. The number of rotatable bonds is 2. The molecule has 0 aliphatic rings. The molecule has 0 unspecified atom stereocenters. The highest BCUT2D eigenvalue weighted by Gasteiger charge is 1.93. The van der Waals surface area contributed by atoms with E-state index < -0.39 is 0 Å². The van der Waals surface area contributed by atoms with E-state index in [-0.39, 0.29) is 5.75 Å². The molecule has 0 fully saturated rings. The molecule has 0 spiro atoms. The Kier molecular flexibility index (Phi) is 2.45. The third-order valence-corrected chi connectivity index (χ3v) is 1.82. The first-order chi connectivity index (χ1) is 7.24. The van der Waals surface area contributed by atoms with Gasteiger partial charge in [-0.25, -0.2) is 0 Å². The molecule has 1 N–H and O–H groups in total. The van der Waals surface area contributed by atoms with Gasteiger partial charge in [-0.05, 0) is 24.3 Å². The zero-order valence-corrected chi connectivity index (χ0v) is 8.20. The minimum atomic E-state index is 0.218. The molecular formula is C10H10N4O. The molecule has 2 rings (SSSR count). The third-order valence-electron chi connectivity index (χ3n) is 1.82. The minimum Gasteiger partial charge on any atom is -0.508 e. The second kappa shape index (κ2) is 3.91. The number of hydrogen-bond donors (Lipinski definition) is 1. The summed E-state index contributed by atoms with van der Waals surface area (Å²) in [5.74, 6) is 0.218. The van der Waals surface area contributed by atoms with Crippen LogP contribution in [-0.2, 0) is 7.05 Å². The molecule has 0 amide bonds. The number of hydrogen-bond acceptors (Lipinski definition) is 4. The summed E-state index contributed by atoms with van der Waals surface area (Å²) in [5.41, 5.74) is 1.39. The number of aromatic hydroxyl groups is 1. The van der Waals surface area contributed by atoms with Crippen molar-refractivity contribution < 1.29 is 5.11 Å². The predicted octanol–water partition coefficient (Wildman–Crippen LogP) is 2.54. The lowest BCUT2D eigenvalue weighted by Crippen LogP contribution is -1.83. The van der Waals surface area contributed by atoms with Crippen LogP contribution in [0.4, 0.5) is 11.4 Å². The summed E-state index contributed by atoms with van der Waals surface area (Å²) in [6.07, 6.45) is 3.40. The number of aryl methyl sites for hydroxylation is 1. The van der Waals surface area contributed by atoms with Gasteiger partial charge in [-0.15, -0.1) is 5.11 Å². The summed E-state index contributed by atoms with van der Waals surface area (Å²) in [6.45, 7) is 0. The maximum absolute atomic E-state index is 9.06. The lowest BCUT2D eigenvalue weighted by atomic mass is 10.3. The topological polar surface area (TPSA) is 62.8 Å². The third kappa shape index (κ3) is 2.40. The average Bonchev–Trinajstić information content (AvgIpc) is 2.64. The molecule has 1 aromatic heterocycles. The average molecular weight is 202 g/mol. The molecule has 0 aliphatic heterocycles. The van der Waals surface area contributed by atoms with Crippen molar-refractivity contribution in [1.82, 2.24) is 9.78 Å². The van der Waals surface area contributed by atoms with E-state index in [1.54, 1.807) is 41.3 Å². The molecule has 2 aromatic rings. The zero-order valence-electron chi connectivity index (χ0n) is 8.20. The molecule has 1 heterocycles. The first kappa shape index (κ1) is 9.39. The number of benzene rings is 1. The van der Waals surface area contributed by atoms with Gasteiger partial charge >= 0.3 is 0 Å². The molecule has 1 aromatic carbocycles. The van der Waals surface area contributed by atoms with E-state index in [1.807, 2.05) is 7.05 Å². The van der Waals surface area contributed by atoms with E-state index in [9.17, 15) is 0 Å². The highest BCUT2D eigenvalue weighted by atomic mass is 16.3. The summed E-state index contributed by atoms with van der Waals surface area (Å²) in [7, 11) is 1.82. The standard InChI is InChI=1S/C10H10N4O/c1-14-7-9(6-11-14)13-12-8-2-4-10(15)5-3-8/h2-7,15H,1H3. The second-order valence-corrected chi connectivity index (χ2v) is 3.09. The van der Waals surface area contributed by atoms with E-state index in [2.05, 4.69) is 15.3 Å². The fourth-order valence-electron chi connectivity index (χ4n) is 1.09. The fraction of sp³-hybridized carbons (Fsp3) is 0.100. The smallest absolute Gasteiger partial charge is 0.124 e. The quantitative estimate of drug-likeness (QED) is 0.760. The van der Waals surface area contributed by atoms with Crippen LogP contribution in [0.25, 0.3) is 0 Å². The van der Waals surface area contributed by atoms with E-state index >= 15 is 0 Å². The summed E-state index contributed by atoms with van der Waals surface area (Å²) in [4.78, 5) is 0. The van der Waals surface area contributed by atoms with Crippen molar-refractivity contribution in [3.05, 3.63) is 36.7 Å². The first-order valence-corrected chi connectivity index (χ1v) is 4.43. The van der Waals surface area contributed by atoms with E-state index in [1.165, 1.54) is 0 Å². The Balaban J connectivity index is 2.14. The Labute approximate surface area is 86.7 Å². The van der Waals surface area contributed by atoms with Crippen LogP contribution in [-0.4, -0.2) is 14.9 Å². The van der Waals surface area contributed by atoms with E-state index in [4.69, 9.17) is 5.11 Å². The van der Waals surface area contributed by atoms with Gasteiger partial charge in [-0.2, -0.15) is 10.2 Å². The van der Waals surface area contributed by atoms with Crippen molar-refractivity contribution in [3.8, 4) is 5.75 Å². The van der Waals surface area contributed by atoms with E-state index in [0.29, 0.717) is 11.4 Å². The molecular weight excluding hydrogens is 192 g/mol. The normalized spacial score (nSPS) is 11.0. The molecule has 0 saturated heterocycles. The van der Waals surface area contributed by atoms with Gasteiger partial charge in [0.25, 0.3) is 0 Å². The second-order valence-electron chi connectivity index (χ2n) is 3.09. The van der Waals surface area contributed by atoms with Gasteiger partial charge in [0.15, 0.2) is 0 Å². The Morgan fingerprint density at radius 1 is 1.13 bits per heavy atom. The molecule has 0 aliphatic carbocycles. The Hall–Kier alpha value is -2.17. The van der Waals surface area contributed by atoms with Crippen LogP contribution >= 0.6 is 0 Å². The lowest BCUT2D eigenvalue weighted by Gasteiger charge is -1.91. The van der Waals surface area contributed by atoms with Crippen molar-refractivity contribution in [2.75, 3.05) is 0 Å². The van der Waals surface area contributed by atoms with Crippen molar-refractivity contribution >= 4 is 11.4 Å². The molecule has 76 valence electrons. The van der Waals surface area contributed by atoms with E-state index in [0.717, 1.165) is 0 Å². The van der Waals surface area contributed by atoms with Crippen LogP contribution in [0, 0.1) is 0 Å². The lowest BCUT2D eigenvalue weighted by molar-refractivity contribution is 0.475. The van der Waals surface area contributed by atoms with Gasteiger partial charge in [0.2, 0.25) is 0 Å². The molecule has 0 radical (unpaired) electrons. The highest BCUT2D eigenvalue weighted by molar-refractivity contribution is 5.41. The number of aromatic nitrogens is 2. The Morgan fingerprint density at radius 2 is 1.80 bits per heavy atom.